The zero-order valence-corrected chi connectivity index (χ0v) is 20.5. The lowest BCUT2D eigenvalue weighted by atomic mass is 9.86. The normalized spacial score (nSPS) is 18.1. The minimum Gasteiger partial charge on any atom is -0.296 e. The third-order valence-corrected chi connectivity index (χ3v) is 7.33. The van der Waals surface area contributed by atoms with Crippen LogP contribution in [0.5, 0.6) is 0 Å². The highest BCUT2D eigenvalue weighted by Crippen LogP contribution is 2.33. The van der Waals surface area contributed by atoms with Crippen molar-refractivity contribution < 1.29 is 0 Å². The summed E-state index contributed by atoms with van der Waals surface area (Å²) in [6.45, 7) is 5.00. The van der Waals surface area contributed by atoms with Gasteiger partial charge in [-0.2, -0.15) is 5.21 Å². The first-order valence-corrected chi connectivity index (χ1v) is 12.7. The third kappa shape index (κ3) is 4.83. The number of pyridine rings is 1. The molecule has 1 aromatic carbocycles. The van der Waals surface area contributed by atoms with Gasteiger partial charge in [0, 0.05) is 35.9 Å². The van der Waals surface area contributed by atoms with Gasteiger partial charge in [-0.1, -0.05) is 57.4 Å². The van der Waals surface area contributed by atoms with Gasteiger partial charge in [0.15, 0.2) is 0 Å². The maximum Gasteiger partial charge on any atom is 0.328 e. The summed E-state index contributed by atoms with van der Waals surface area (Å²) in [5.74, 6) is 1.10. The second-order valence-electron chi connectivity index (χ2n) is 9.67. The van der Waals surface area contributed by atoms with Crippen molar-refractivity contribution in [2.24, 2.45) is 5.92 Å². The monoisotopic (exact) mass is 471 g/mol. The number of aromatic nitrogens is 7. The topological polar surface area (TPSA) is 94.3 Å². The van der Waals surface area contributed by atoms with Crippen LogP contribution >= 0.6 is 0 Å². The van der Waals surface area contributed by atoms with Crippen molar-refractivity contribution in [3.8, 4) is 22.5 Å². The molecule has 4 aromatic rings. The van der Waals surface area contributed by atoms with Gasteiger partial charge in [-0.3, -0.25) is 14.1 Å². The Hall–Kier alpha value is -3.55. The lowest BCUT2D eigenvalue weighted by Crippen LogP contribution is -2.32. The molecule has 1 aliphatic carbocycles. The van der Waals surface area contributed by atoms with Crippen LogP contribution in [0.3, 0.4) is 0 Å². The second kappa shape index (κ2) is 10.4. The summed E-state index contributed by atoms with van der Waals surface area (Å²) in [6, 6.07) is 10.4. The smallest absolute Gasteiger partial charge is 0.296 e. The highest BCUT2D eigenvalue weighted by Gasteiger charge is 2.26. The van der Waals surface area contributed by atoms with Crippen molar-refractivity contribution >= 4 is 0 Å². The Morgan fingerprint density at radius 1 is 1.09 bits per heavy atom. The van der Waals surface area contributed by atoms with Crippen LogP contribution in [0.1, 0.15) is 69.7 Å². The fraction of sp³-hybridized carbons (Fsp3) is 0.444. The molecule has 3 heterocycles. The molecule has 8 heteroatoms. The molecule has 8 nitrogen and oxygen atoms in total. The second-order valence-corrected chi connectivity index (χ2v) is 9.67. The Kier molecular flexibility index (Phi) is 6.88. The summed E-state index contributed by atoms with van der Waals surface area (Å²) in [5, 5.41) is 14.2. The molecule has 1 N–H and O–H groups in total. The van der Waals surface area contributed by atoms with Crippen LogP contribution in [-0.2, 0) is 13.0 Å². The van der Waals surface area contributed by atoms with E-state index < -0.39 is 0 Å². The van der Waals surface area contributed by atoms with Crippen LogP contribution in [0.25, 0.3) is 22.5 Å². The lowest BCUT2D eigenvalue weighted by molar-refractivity contribution is 0.251. The van der Waals surface area contributed by atoms with E-state index in [-0.39, 0.29) is 5.69 Å². The van der Waals surface area contributed by atoms with E-state index in [0.29, 0.717) is 24.3 Å². The Labute approximate surface area is 205 Å². The molecule has 0 radical (unpaired) electrons. The van der Waals surface area contributed by atoms with E-state index in [4.69, 9.17) is 0 Å². The quantitative estimate of drug-likeness (QED) is 0.389. The molecule has 2 atom stereocenters. The highest BCUT2D eigenvalue weighted by atomic mass is 16.1. The average Bonchev–Trinajstić information content (AvgIpc) is 3.53. The van der Waals surface area contributed by atoms with E-state index in [1.54, 1.807) is 0 Å². The van der Waals surface area contributed by atoms with Gasteiger partial charge in [-0.15, -0.1) is 10.2 Å². The summed E-state index contributed by atoms with van der Waals surface area (Å²) in [6.07, 6.45) is 13.7. The number of aromatic amines is 1. The molecule has 1 aliphatic rings. The van der Waals surface area contributed by atoms with Gasteiger partial charge in [-0.25, -0.2) is 4.79 Å². The number of benzene rings is 1. The van der Waals surface area contributed by atoms with E-state index in [1.165, 1.54) is 19.3 Å². The van der Waals surface area contributed by atoms with Crippen molar-refractivity contribution in [1.82, 2.24) is 34.7 Å². The molecule has 0 spiro atoms. The fourth-order valence-electron chi connectivity index (χ4n) is 5.31. The van der Waals surface area contributed by atoms with E-state index in [1.807, 2.05) is 39.7 Å². The van der Waals surface area contributed by atoms with Gasteiger partial charge >= 0.3 is 5.69 Å². The zero-order chi connectivity index (χ0) is 24.2. The number of rotatable bonds is 8. The van der Waals surface area contributed by atoms with Crippen LogP contribution in [0.15, 0.2) is 53.7 Å². The maximum atomic E-state index is 13.7. The van der Waals surface area contributed by atoms with Gasteiger partial charge in [0.2, 0.25) is 5.82 Å². The predicted octanol–water partition coefficient (Wildman–Crippen LogP) is 5.03. The average molecular weight is 472 g/mol. The Balaban J connectivity index is 1.49. The van der Waals surface area contributed by atoms with Gasteiger partial charge in [0.25, 0.3) is 0 Å². The minimum absolute atomic E-state index is 0.108. The molecule has 0 aliphatic heterocycles. The number of nitrogens with one attached hydrogen (secondary N) is 1. The third-order valence-electron chi connectivity index (χ3n) is 7.33. The van der Waals surface area contributed by atoms with Crippen LogP contribution in [0.2, 0.25) is 0 Å². The minimum atomic E-state index is 0.108. The van der Waals surface area contributed by atoms with Gasteiger partial charge < -0.3 is 0 Å². The van der Waals surface area contributed by atoms with Crippen molar-refractivity contribution in [3.63, 3.8) is 0 Å². The van der Waals surface area contributed by atoms with Crippen molar-refractivity contribution in [2.75, 3.05) is 0 Å². The molecule has 0 bridgehead atoms. The summed E-state index contributed by atoms with van der Waals surface area (Å²) >= 11 is 0. The molecule has 2 unspecified atom stereocenters. The van der Waals surface area contributed by atoms with Gasteiger partial charge in [0.05, 0.1) is 6.54 Å². The fourth-order valence-corrected chi connectivity index (χ4v) is 5.31. The number of hydrogen-bond donors (Lipinski definition) is 1. The molecule has 0 amide bonds. The Bertz CT molecular complexity index is 1300. The standard InChI is InChI=1S/C27H33N7O/c1-3-4-8-23-18-34(25-9-6-5-7-19(25)2)27(35)33(23)17-22-16-28-15-14-24(22)20-10-12-21(13-11-20)26-29-31-32-30-26/h10-16,18-19,25H,3-9,17H2,1-2H3,(H,29,30,31,32). The Morgan fingerprint density at radius 3 is 2.63 bits per heavy atom. The highest BCUT2D eigenvalue weighted by molar-refractivity contribution is 5.69. The Morgan fingerprint density at radius 2 is 1.89 bits per heavy atom. The van der Waals surface area contributed by atoms with Crippen LogP contribution in [0, 0.1) is 5.92 Å². The zero-order valence-electron chi connectivity index (χ0n) is 20.5. The number of unbranched alkanes of at least 4 members (excludes halogenated alkanes) is 1. The molecule has 3 aromatic heterocycles. The van der Waals surface area contributed by atoms with E-state index in [2.05, 4.69) is 57.8 Å². The largest absolute Gasteiger partial charge is 0.328 e. The summed E-state index contributed by atoms with van der Waals surface area (Å²) in [4.78, 5) is 18.1. The molecule has 0 saturated heterocycles. The molecular weight excluding hydrogens is 438 g/mol. The first-order chi connectivity index (χ1) is 17.2. The van der Waals surface area contributed by atoms with E-state index >= 15 is 0 Å². The van der Waals surface area contributed by atoms with Crippen LogP contribution < -0.4 is 5.69 Å². The number of nitrogens with zero attached hydrogens (tertiary/aromatic N) is 6. The number of aryl methyl sites for hydroxylation is 1. The predicted molar refractivity (Wildman–Crippen MR) is 136 cm³/mol. The maximum absolute atomic E-state index is 13.7. The van der Waals surface area contributed by atoms with E-state index in [0.717, 1.165) is 53.6 Å². The molecule has 1 fully saturated rings. The summed E-state index contributed by atoms with van der Waals surface area (Å²) in [5.41, 5.74) is 5.31. The van der Waals surface area contributed by atoms with Gasteiger partial charge in [-0.05, 0) is 59.6 Å². The molecule has 35 heavy (non-hydrogen) atoms. The number of tetrazole rings is 1. The lowest BCUT2D eigenvalue weighted by Gasteiger charge is -2.29. The molecule has 1 saturated carbocycles. The summed E-state index contributed by atoms with van der Waals surface area (Å²) in [7, 11) is 0. The SMILES string of the molecule is CCCCc1cn(C2CCCCC2C)c(=O)n1Cc1cnccc1-c1ccc(-c2nn[nH]n2)cc1. The van der Waals surface area contributed by atoms with Crippen molar-refractivity contribution in [2.45, 2.75) is 71.4 Å². The van der Waals surface area contributed by atoms with Gasteiger partial charge in [0.1, 0.15) is 0 Å². The first kappa shape index (κ1) is 23.2. The summed E-state index contributed by atoms with van der Waals surface area (Å²) < 4.78 is 4.01. The van der Waals surface area contributed by atoms with E-state index in [9.17, 15) is 4.79 Å². The van der Waals surface area contributed by atoms with Crippen LogP contribution in [-0.4, -0.2) is 34.7 Å². The number of imidazole rings is 1. The van der Waals surface area contributed by atoms with Crippen LogP contribution in [0.4, 0.5) is 0 Å². The number of hydrogen-bond acceptors (Lipinski definition) is 5. The molecule has 5 rings (SSSR count). The van der Waals surface area contributed by atoms with Crippen molar-refractivity contribution in [3.05, 3.63) is 70.7 Å². The van der Waals surface area contributed by atoms with Crippen molar-refractivity contribution in [1.29, 1.82) is 0 Å². The molecule has 182 valence electrons. The molecular formula is C27H33N7O. The number of H-pyrrole nitrogens is 1. The first-order valence-electron chi connectivity index (χ1n) is 12.7.